The summed E-state index contributed by atoms with van der Waals surface area (Å²) >= 11 is 5.81. The Kier molecular flexibility index (Phi) is 3.26. The maximum Gasteiger partial charge on any atom is 0.290 e. The number of ketones is 1. The first-order valence-corrected chi connectivity index (χ1v) is 5.39. The third-order valence-electron chi connectivity index (χ3n) is 2.70. The van der Waals surface area contributed by atoms with E-state index in [4.69, 9.17) is 17.3 Å². The third-order valence-corrected chi connectivity index (χ3v) is 3.06. The number of halogens is 1. The molecule has 0 spiro atoms. The average Bonchev–Trinajstić information content (AvgIpc) is 2.36. The van der Waals surface area contributed by atoms with Crippen molar-refractivity contribution in [3.63, 3.8) is 0 Å². The van der Waals surface area contributed by atoms with Gasteiger partial charge in [-0.3, -0.25) is 9.59 Å². The summed E-state index contributed by atoms with van der Waals surface area (Å²) in [6, 6.07) is 0. The fraction of sp³-hybridized carbons (Fsp3) is 0.600. The van der Waals surface area contributed by atoms with Gasteiger partial charge < -0.3 is 11.1 Å². The molecule has 0 aromatic rings. The van der Waals surface area contributed by atoms with E-state index in [1.54, 1.807) is 27.7 Å². The van der Waals surface area contributed by atoms with Crippen LogP contribution in [0.4, 0.5) is 0 Å². The van der Waals surface area contributed by atoms with E-state index in [-0.39, 0.29) is 10.7 Å². The van der Waals surface area contributed by atoms with Gasteiger partial charge in [0.1, 0.15) is 10.7 Å². The van der Waals surface area contributed by atoms with E-state index in [9.17, 15) is 14.8 Å². The van der Waals surface area contributed by atoms with Gasteiger partial charge in [0.05, 0.1) is 11.2 Å². The number of hydrogen-bond donors (Lipinski definition) is 2. The van der Waals surface area contributed by atoms with E-state index >= 15 is 0 Å². The molecular formula is C10H15ClN3O3. The number of rotatable bonds is 2. The predicted molar refractivity (Wildman–Crippen MR) is 60.9 cm³/mol. The number of hydrogen-bond acceptors (Lipinski definition) is 4. The van der Waals surface area contributed by atoms with Crippen LogP contribution in [0.3, 0.4) is 0 Å². The Labute approximate surface area is 104 Å². The molecule has 0 atom stereocenters. The quantitative estimate of drug-likeness (QED) is 0.550. The molecule has 17 heavy (non-hydrogen) atoms. The normalized spacial score (nSPS) is 25.3. The Morgan fingerprint density at radius 1 is 1.29 bits per heavy atom. The van der Waals surface area contributed by atoms with Gasteiger partial charge in [0, 0.05) is 0 Å². The summed E-state index contributed by atoms with van der Waals surface area (Å²) in [4.78, 5) is 22.2. The topological polar surface area (TPSA) is 95.3 Å². The molecule has 0 unspecified atom stereocenters. The minimum absolute atomic E-state index is 0.211. The predicted octanol–water partition coefficient (Wildman–Crippen LogP) is 0.257. The van der Waals surface area contributed by atoms with Crippen molar-refractivity contribution in [3.8, 4) is 0 Å². The highest BCUT2D eigenvalue weighted by Crippen LogP contribution is 2.37. The van der Waals surface area contributed by atoms with Gasteiger partial charge in [0.25, 0.3) is 11.7 Å². The minimum atomic E-state index is -1.15. The van der Waals surface area contributed by atoms with E-state index in [1.165, 1.54) is 0 Å². The summed E-state index contributed by atoms with van der Waals surface area (Å²) in [6.07, 6.45) is 0. The lowest BCUT2D eigenvalue weighted by atomic mass is 10.0. The van der Waals surface area contributed by atoms with Crippen molar-refractivity contribution in [3.05, 3.63) is 10.7 Å². The Balaban J connectivity index is 3.29. The molecule has 1 amide bonds. The summed E-state index contributed by atoms with van der Waals surface area (Å²) in [6.45, 7) is 6.50. The average molecular weight is 261 g/mol. The van der Waals surface area contributed by atoms with E-state index in [2.05, 4.69) is 5.32 Å². The zero-order chi connectivity index (χ0) is 13.6. The Morgan fingerprint density at radius 3 is 2.06 bits per heavy atom. The first-order valence-electron chi connectivity index (χ1n) is 5.02. The van der Waals surface area contributed by atoms with Crippen LogP contribution in [-0.4, -0.2) is 28.0 Å². The van der Waals surface area contributed by atoms with Gasteiger partial charge in [-0.05, 0) is 27.7 Å². The first-order chi connectivity index (χ1) is 7.51. The SMILES string of the molecule is CC1(C)N/C(=C(/Cl)C(=O)C(N)=O)C(C)(C)N1[O]. The highest BCUT2D eigenvalue weighted by atomic mass is 35.5. The zero-order valence-electron chi connectivity index (χ0n) is 10.1. The van der Waals surface area contributed by atoms with Crippen molar-refractivity contribution in [2.75, 3.05) is 0 Å². The number of carbonyl (C=O) groups is 2. The van der Waals surface area contributed by atoms with Gasteiger partial charge in [-0.2, -0.15) is 0 Å². The molecule has 6 nitrogen and oxygen atoms in total. The van der Waals surface area contributed by atoms with Crippen LogP contribution in [-0.2, 0) is 14.8 Å². The molecule has 0 aromatic carbocycles. The molecule has 0 bridgehead atoms. The maximum atomic E-state index is 12.0. The van der Waals surface area contributed by atoms with Crippen LogP contribution in [0.2, 0.25) is 0 Å². The van der Waals surface area contributed by atoms with Crippen LogP contribution in [0.1, 0.15) is 27.7 Å². The monoisotopic (exact) mass is 260 g/mol. The number of nitrogens with zero attached hydrogens (tertiary/aromatic N) is 1. The van der Waals surface area contributed by atoms with E-state index in [0.717, 1.165) is 5.06 Å². The molecule has 95 valence electrons. The van der Waals surface area contributed by atoms with Crippen LogP contribution in [0.25, 0.3) is 0 Å². The summed E-state index contributed by atoms with van der Waals surface area (Å²) in [5.41, 5.74) is 3.15. The summed E-state index contributed by atoms with van der Waals surface area (Å²) in [5.74, 6) is -2.16. The van der Waals surface area contributed by atoms with E-state index < -0.39 is 22.9 Å². The van der Waals surface area contributed by atoms with Gasteiger partial charge in [-0.1, -0.05) is 11.6 Å². The summed E-state index contributed by atoms with van der Waals surface area (Å²) in [5, 5.41) is 15.3. The van der Waals surface area contributed by atoms with Crippen LogP contribution in [0, 0.1) is 0 Å². The van der Waals surface area contributed by atoms with Gasteiger partial charge >= 0.3 is 0 Å². The van der Waals surface area contributed by atoms with Crippen LogP contribution in [0.5, 0.6) is 0 Å². The van der Waals surface area contributed by atoms with Crippen LogP contribution < -0.4 is 11.1 Å². The maximum absolute atomic E-state index is 12.0. The van der Waals surface area contributed by atoms with Gasteiger partial charge in [-0.25, -0.2) is 0 Å². The van der Waals surface area contributed by atoms with Crippen molar-refractivity contribution in [2.24, 2.45) is 5.73 Å². The number of carbonyl (C=O) groups excluding carboxylic acids is 2. The highest BCUT2D eigenvalue weighted by molar-refractivity contribution is 6.57. The highest BCUT2D eigenvalue weighted by Gasteiger charge is 2.51. The molecular weight excluding hydrogens is 246 g/mol. The molecule has 0 saturated carbocycles. The summed E-state index contributed by atoms with van der Waals surface area (Å²) in [7, 11) is 0. The standard InChI is InChI=1S/C10H15ClN3O3/c1-9(2)7(5(11)6(15)8(12)16)13-10(3,4)14(9)17/h13H,1-4H3,(H2,12,16)/b7-5+. The second-order valence-corrected chi connectivity index (χ2v) is 5.30. The molecule has 1 aliphatic rings. The molecule has 1 aliphatic heterocycles. The molecule has 1 fully saturated rings. The molecule has 1 radical (unpaired) electrons. The number of hydroxylamine groups is 2. The molecule has 7 heteroatoms. The van der Waals surface area contributed by atoms with Crippen molar-refractivity contribution >= 4 is 23.3 Å². The summed E-state index contributed by atoms with van der Waals surface area (Å²) < 4.78 is 0. The van der Waals surface area contributed by atoms with Crippen molar-refractivity contribution in [2.45, 2.75) is 38.9 Å². The number of primary amides is 1. The number of amides is 1. The fourth-order valence-electron chi connectivity index (χ4n) is 1.86. The van der Waals surface area contributed by atoms with Crippen LogP contribution in [0.15, 0.2) is 10.7 Å². The lowest BCUT2D eigenvalue weighted by molar-refractivity contribution is -0.243. The minimum Gasteiger partial charge on any atom is -0.366 e. The number of nitrogens with one attached hydrogen (secondary N) is 1. The van der Waals surface area contributed by atoms with Crippen molar-refractivity contribution < 1.29 is 14.8 Å². The van der Waals surface area contributed by atoms with E-state index in [1.807, 2.05) is 0 Å². The molecule has 1 rings (SSSR count). The zero-order valence-corrected chi connectivity index (χ0v) is 10.9. The second kappa shape index (κ2) is 3.97. The van der Waals surface area contributed by atoms with Crippen molar-refractivity contribution in [1.29, 1.82) is 0 Å². The van der Waals surface area contributed by atoms with Gasteiger partial charge in [-0.15, -0.1) is 10.3 Å². The van der Waals surface area contributed by atoms with Crippen molar-refractivity contribution in [1.82, 2.24) is 10.4 Å². The Hall–Kier alpha value is -1.11. The lowest BCUT2D eigenvalue weighted by Crippen LogP contribution is -2.47. The largest absolute Gasteiger partial charge is 0.366 e. The van der Waals surface area contributed by atoms with E-state index in [0.29, 0.717) is 0 Å². The van der Waals surface area contributed by atoms with Gasteiger partial charge in [0.15, 0.2) is 0 Å². The molecule has 1 heterocycles. The number of Topliss-reactive ketones (excluding diaryl/α,β-unsaturated/α-hetero) is 1. The Morgan fingerprint density at radius 2 is 1.76 bits per heavy atom. The van der Waals surface area contributed by atoms with Crippen LogP contribution >= 0.6 is 11.6 Å². The lowest BCUT2D eigenvalue weighted by Gasteiger charge is -2.29. The smallest absolute Gasteiger partial charge is 0.290 e. The first kappa shape index (κ1) is 14.0. The molecule has 0 aromatic heterocycles. The second-order valence-electron chi connectivity index (χ2n) is 4.92. The molecule has 3 N–H and O–H groups in total. The Bertz CT molecular complexity index is 415. The fourth-order valence-corrected chi connectivity index (χ4v) is 2.23. The molecule has 1 saturated heterocycles. The number of nitrogens with two attached hydrogens (primary N) is 1. The van der Waals surface area contributed by atoms with Gasteiger partial charge in [0.2, 0.25) is 0 Å². The third kappa shape index (κ3) is 2.15. The molecule has 0 aliphatic carbocycles.